The maximum absolute atomic E-state index is 12.8. The number of Topliss-reactive ketones (excluding diaryl/α,β-unsaturated/α-hetero) is 1. The van der Waals surface area contributed by atoms with Gasteiger partial charge < -0.3 is 5.73 Å². The van der Waals surface area contributed by atoms with Crippen molar-refractivity contribution >= 4 is 28.9 Å². The van der Waals surface area contributed by atoms with E-state index < -0.39 is 0 Å². The fourth-order valence-electron chi connectivity index (χ4n) is 3.23. The summed E-state index contributed by atoms with van der Waals surface area (Å²) in [7, 11) is 0. The molecule has 1 aliphatic carbocycles. The van der Waals surface area contributed by atoms with Gasteiger partial charge in [-0.1, -0.05) is 25.6 Å². The van der Waals surface area contributed by atoms with Crippen LogP contribution in [-0.4, -0.2) is 5.78 Å². The van der Waals surface area contributed by atoms with Gasteiger partial charge in [0, 0.05) is 16.9 Å². The number of nitrogens with zero attached hydrogens (tertiary/aromatic N) is 1. The number of thioether (sulfide) groups is 1. The number of thiophene rings is 1. The van der Waals surface area contributed by atoms with Crippen molar-refractivity contribution in [3.05, 3.63) is 43.0 Å². The van der Waals surface area contributed by atoms with E-state index in [2.05, 4.69) is 19.9 Å². The minimum absolute atomic E-state index is 0.0393. The Bertz CT molecular complexity index is 762. The van der Waals surface area contributed by atoms with Crippen LogP contribution in [0.25, 0.3) is 0 Å². The second kappa shape index (κ2) is 5.29. The van der Waals surface area contributed by atoms with Crippen molar-refractivity contribution in [3.63, 3.8) is 0 Å². The summed E-state index contributed by atoms with van der Waals surface area (Å²) >= 11 is 3.01. The van der Waals surface area contributed by atoms with Crippen molar-refractivity contribution in [3.8, 4) is 6.07 Å². The predicted octanol–water partition coefficient (Wildman–Crippen LogP) is 4.22. The lowest BCUT2D eigenvalue weighted by atomic mass is 9.72. The Kier molecular flexibility index (Phi) is 3.70. The van der Waals surface area contributed by atoms with Gasteiger partial charge in [0.2, 0.25) is 0 Å². The predicted molar refractivity (Wildman–Crippen MR) is 91.3 cm³/mol. The lowest BCUT2D eigenvalue weighted by Gasteiger charge is -2.37. The number of nitriles is 1. The second-order valence-corrected chi connectivity index (χ2v) is 8.75. The largest absolute Gasteiger partial charge is 0.392 e. The summed E-state index contributed by atoms with van der Waals surface area (Å²) in [5, 5.41) is 12.1. The fourth-order valence-corrected chi connectivity index (χ4v) is 5.62. The number of carbonyl (C=O) groups excluding carboxylic acids is 1. The first-order valence-corrected chi connectivity index (χ1v) is 8.91. The number of hydrogen-bond donors (Lipinski definition) is 1. The molecule has 0 spiro atoms. The third kappa shape index (κ3) is 2.41. The minimum atomic E-state index is -0.273. The zero-order chi connectivity index (χ0) is 16.1. The van der Waals surface area contributed by atoms with Gasteiger partial charge in [0.25, 0.3) is 0 Å². The zero-order valence-electron chi connectivity index (χ0n) is 12.9. The molecule has 1 aromatic rings. The molecule has 114 valence electrons. The van der Waals surface area contributed by atoms with Crippen LogP contribution in [0.5, 0.6) is 0 Å². The van der Waals surface area contributed by atoms with E-state index in [0.717, 1.165) is 27.3 Å². The highest BCUT2D eigenvalue weighted by Gasteiger charge is 2.42. The molecule has 0 saturated carbocycles. The molecule has 1 atom stereocenters. The maximum atomic E-state index is 12.8. The number of aryl methyl sites for hydroxylation is 1. The molecule has 0 bridgehead atoms. The van der Waals surface area contributed by atoms with Gasteiger partial charge in [-0.05, 0) is 40.7 Å². The van der Waals surface area contributed by atoms with Crippen LogP contribution < -0.4 is 5.73 Å². The number of hydrogen-bond acceptors (Lipinski definition) is 5. The van der Waals surface area contributed by atoms with E-state index in [0.29, 0.717) is 17.0 Å². The zero-order valence-corrected chi connectivity index (χ0v) is 14.5. The lowest BCUT2D eigenvalue weighted by molar-refractivity contribution is -0.118. The first kappa shape index (κ1) is 15.4. The summed E-state index contributed by atoms with van der Waals surface area (Å²) in [6, 6.07) is 4.28. The topological polar surface area (TPSA) is 66.9 Å². The lowest BCUT2D eigenvalue weighted by Crippen LogP contribution is -2.30. The summed E-state index contributed by atoms with van der Waals surface area (Å²) in [5.41, 5.74) is 8.57. The second-order valence-electron chi connectivity index (χ2n) is 6.67. The molecule has 0 aromatic carbocycles. The van der Waals surface area contributed by atoms with Crippen molar-refractivity contribution in [1.82, 2.24) is 0 Å². The van der Waals surface area contributed by atoms with Gasteiger partial charge >= 0.3 is 0 Å². The van der Waals surface area contributed by atoms with Gasteiger partial charge in [0.1, 0.15) is 0 Å². The molecule has 0 fully saturated rings. The molecule has 2 aliphatic rings. The van der Waals surface area contributed by atoms with Crippen molar-refractivity contribution < 1.29 is 4.79 Å². The van der Waals surface area contributed by atoms with E-state index in [1.165, 1.54) is 11.8 Å². The van der Waals surface area contributed by atoms with E-state index in [9.17, 15) is 10.1 Å². The van der Waals surface area contributed by atoms with Gasteiger partial charge in [-0.2, -0.15) is 5.26 Å². The number of allylic oxidation sites excluding steroid dienone is 3. The average Bonchev–Trinajstić information content (AvgIpc) is 2.81. The molecule has 2 heterocycles. The molecule has 0 amide bonds. The summed E-state index contributed by atoms with van der Waals surface area (Å²) in [4.78, 5) is 14.9. The first-order valence-electron chi connectivity index (χ1n) is 7.22. The van der Waals surface area contributed by atoms with Gasteiger partial charge in [-0.3, -0.25) is 4.79 Å². The average molecular weight is 330 g/mol. The van der Waals surface area contributed by atoms with Crippen LogP contribution in [0.15, 0.2) is 32.5 Å². The third-order valence-corrected chi connectivity index (χ3v) is 6.37. The SMILES string of the molecule is Cc1ccsc1[C@H]1C(C#N)=C(N)SC2=C1C(=O)CC(C)(C)C2. The van der Waals surface area contributed by atoms with Crippen LogP contribution in [0.3, 0.4) is 0 Å². The van der Waals surface area contributed by atoms with E-state index in [-0.39, 0.29) is 17.1 Å². The maximum Gasteiger partial charge on any atom is 0.161 e. The number of ketones is 1. The monoisotopic (exact) mass is 330 g/mol. The highest BCUT2D eigenvalue weighted by atomic mass is 32.2. The molecule has 0 saturated heterocycles. The van der Waals surface area contributed by atoms with Gasteiger partial charge in [0.05, 0.1) is 22.6 Å². The Balaban J connectivity index is 2.20. The third-order valence-electron chi connectivity index (χ3n) is 4.24. The van der Waals surface area contributed by atoms with E-state index >= 15 is 0 Å². The highest BCUT2D eigenvalue weighted by Crippen LogP contribution is 2.53. The van der Waals surface area contributed by atoms with E-state index in [4.69, 9.17) is 5.73 Å². The van der Waals surface area contributed by atoms with Crippen LogP contribution in [0, 0.1) is 23.7 Å². The van der Waals surface area contributed by atoms with Crippen LogP contribution in [0.4, 0.5) is 0 Å². The number of nitrogens with two attached hydrogens (primary N) is 1. The van der Waals surface area contributed by atoms with Crippen molar-refractivity contribution in [2.45, 2.75) is 39.5 Å². The highest BCUT2D eigenvalue weighted by molar-refractivity contribution is 8.06. The van der Waals surface area contributed by atoms with Gasteiger partial charge in [-0.25, -0.2) is 0 Å². The quantitative estimate of drug-likeness (QED) is 0.837. The Morgan fingerprint density at radius 2 is 2.14 bits per heavy atom. The Morgan fingerprint density at radius 1 is 1.41 bits per heavy atom. The van der Waals surface area contributed by atoms with Gasteiger partial charge in [0.15, 0.2) is 5.78 Å². The Morgan fingerprint density at radius 3 is 2.73 bits per heavy atom. The smallest absolute Gasteiger partial charge is 0.161 e. The minimum Gasteiger partial charge on any atom is -0.392 e. The molecule has 5 heteroatoms. The van der Waals surface area contributed by atoms with E-state index in [1.807, 2.05) is 18.4 Å². The molecule has 1 aromatic heterocycles. The molecule has 2 N–H and O–H groups in total. The van der Waals surface area contributed by atoms with Crippen molar-refractivity contribution in [2.24, 2.45) is 11.1 Å². The number of rotatable bonds is 1. The standard InChI is InChI=1S/C17H18N2OS2/c1-9-4-5-21-15(9)13-10(8-18)16(19)22-12-7-17(2,3)6-11(20)14(12)13/h4-5,13H,6-7,19H2,1-3H3/t13-/m0/s1. The van der Waals surface area contributed by atoms with Crippen LogP contribution in [-0.2, 0) is 4.79 Å². The Labute approximate surface area is 138 Å². The normalized spacial score (nSPS) is 24.3. The van der Waals surface area contributed by atoms with E-state index in [1.54, 1.807) is 11.3 Å². The molecule has 1 aliphatic heterocycles. The number of carbonyl (C=O) groups is 1. The molecule has 3 rings (SSSR count). The molecule has 0 unspecified atom stereocenters. The summed E-state index contributed by atoms with van der Waals surface area (Å²) in [6.07, 6.45) is 1.38. The molecule has 0 radical (unpaired) electrons. The summed E-state index contributed by atoms with van der Waals surface area (Å²) in [6.45, 7) is 6.25. The Hall–Kier alpha value is -1.51. The summed E-state index contributed by atoms with van der Waals surface area (Å²) in [5.74, 6) is -0.110. The molecular weight excluding hydrogens is 312 g/mol. The molecular formula is C17H18N2OS2. The fraction of sp³-hybridized carbons (Fsp3) is 0.412. The van der Waals surface area contributed by atoms with Crippen LogP contribution in [0.2, 0.25) is 0 Å². The van der Waals surface area contributed by atoms with Crippen LogP contribution >= 0.6 is 23.1 Å². The first-order chi connectivity index (χ1) is 10.3. The summed E-state index contributed by atoms with van der Waals surface area (Å²) < 4.78 is 0. The van der Waals surface area contributed by atoms with Crippen molar-refractivity contribution in [2.75, 3.05) is 0 Å². The van der Waals surface area contributed by atoms with Crippen molar-refractivity contribution in [1.29, 1.82) is 5.26 Å². The molecule has 22 heavy (non-hydrogen) atoms. The molecule has 3 nitrogen and oxygen atoms in total. The van der Waals surface area contributed by atoms with Crippen LogP contribution in [0.1, 0.15) is 43.0 Å². The van der Waals surface area contributed by atoms with Gasteiger partial charge in [-0.15, -0.1) is 11.3 Å².